The summed E-state index contributed by atoms with van der Waals surface area (Å²) in [6.45, 7) is 7.48. The van der Waals surface area contributed by atoms with Gasteiger partial charge >= 0.3 is 0 Å². The van der Waals surface area contributed by atoms with E-state index in [1.165, 1.54) is 6.42 Å². The highest BCUT2D eigenvalue weighted by Gasteiger charge is 2.02. The van der Waals surface area contributed by atoms with Crippen molar-refractivity contribution < 1.29 is 0 Å². The van der Waals surface area contributed by atoms with Gasteiger partial charge in [-0.25, -0.2) is 4.98 Å². The largest absolute Gasteiger partial charge is 0.316 e. The smallest absolute Gasteiger partial charge is 0.137 e. The van der Waals surface area contributed by atoms with E-state index in [4.69, 9.17) is 0 Å². The van der Waals surface area contributed by atoms with Crippen LogP contribution in [-0.2, 0) is 6.54 Å². The molecule has 4 nitrogen and oxygen atoms in total. The fourth-order valence-electron chi connectivity index (χ4n) is 1.24. The lowest BCUT2D eigenvalue weighted by Crippen LogP contribution is -2.24. The van der Waals surface area contributed by atoms with Crippen molar-refractivity contribution in [2.75, 3.05) is 13.1 Å². The Hall–Kier alpha value is -0.900. The molecule has 1 heterocycles. The molecule has 1 N–H and O–H groups in total. The molecule has 13 heavy (non-hydrogen) atoms. The van der Waals surface area contributed by atoms with Crippen LogP contribution in [0, 0.1) is 5.92 Å². The van der Waals surface area contributed by atoms with Gasteiger partial charge in [-0.3, -0.25) is 4.68 Å². The van der Waals surface area contributed by atoms with Crippen LogP contribution in [0.15, 0.2) is 12.7 Å². The third-order valence-electron chi connectivity index (χ3n) is 1.88. The maximum Gasteiger partial charge on any atom is 0.137 e. The Bertz CT molecular complexity index is 207. The third kappa shape index (κ3) is 4.03. The van der Waals surface area contributed by atoms with Crippen LogP contribution in [0.1, 0.15) is 20.3 Å². The standard InChI is InChI=1S/C9H18N4/c1-3-4-10-5-9(2)6-13-8-11-7-12-13/h7-10H,3-6H2,1-2H3. The fraction of sp³-hybridized carbons (Fsp3) is 0.778. The molecule has 0 bridgehead atoms. The van der Waals surface area contributed by atoms with E-state index in [0.717, 1.165) is 19.6 Å². The average molecular weight is 182 g/mol. The first-order valence-electron chi connectivity index (χ1n) is 4.86. The molecule has 0 saturated carbocycles. The second-order valence-electron chi connectivity index (χ2n) is 3.43. The fourth-order valence-corrected chi connectivity index (χ4v) is 1.24. The molecule has 0 aromatic carbocycles. The molecule has 0 aliphatic carbocycles. The van der Waals surface area contributed by atoms with Gasteiger partial charge < -0.3 is 5.32 Å². The topological polar surface area (TPSA) is 42.7 Å². The highest BCUT2D eigenvalue weighted by molar-refractivity contribution is 4.61. The van der Waals surface area contributed by atoms with E-state index in [1.54, 1.807) is 12.7 Å². The Labute approximate surface area is 79.4 Å². The van der Waals surface area contributed by atoms with Crippen molar-refractivity contribution in [3.05, 3.63) is 12.7 Å². The molecule has 0 fully saturated rings. The monoisotopic (exact) mass is 182 g/mol. The van der Waals surface area contributed by atoms with Gasteiger partial charge in [0.25, 0.3) is 0 Å². The molecule has 0 aliphatic rings. The van der Waals surface area contributed by atoms with Gasteiger partial charge in [-0.15, -0.1) is 0 Å². The first-order chi connectivity index (χ1) is 6.33. The van der Waals surface area contributed by atoms with Crippen LogP contribution in [0.25, 0.3) is 0 Å². The number of nitrogens with one attached hydrogen (secondary N) is 1. The minimum absolute atomic E-state index is 0.605. The lowest BCUT2D eigenvalue weighted by atomic mass is 10.2. The molecule has 0 radical (unpaired) electrons. The van der Waals surface area contributed by atoms with Gasteiger partial charge in [-0.2, -0.15) is 5.10 Å². The van der Waals surface area contributed by atoms with Crippen LogP contribution in [0.4, 0.5) is 0 Å². The number of nitrogens with zero attached hydrogens (tertiary/aromatic N) is 3. The van der Waals surface area contributed by atoms with Crippen LogP contribution < -0.4 is 5.32 Å². The number of rotatable bonds is 6. The summed E-state index contributed by atoms with van der Waals surface area (Å²) in [4.78, 5) is 3.90. The van der Waals surface area contributed by atoms with Crippen molar-refractivity contribution in [3.63, 3.8) is 0 Å². The number of aromatic nitrogens is 3. The molecule has 1 unspecified atom stereocenters. The summed E-state index contributed by atoms with van der Waals surface area (Å²) in [5, 5.41) is 7.45. The normalized spacial score (nSPS) is 13.1. The van der Waals surface area contributed by atoms with Crippen LogP contribution in [0.3, 0.4) is 0 Å². The maximum absolute atomic E-state index is 4.06. The molecule has 1 aromatic heterocycles. The molecule has 1 aromatic rings. The molecule has 4 heteroatoms. The van der Waals surface area contributed by atoms with Crippen LogP contribution >= 0.6 is 0 Å². The molecule has 0 amide bonds. The van der Waals surface area contributed by atoms with Gasteiger partial charge in [0.05, 0.1) is 0 Å². The summed E-state index contributed by atoms with van der Waals surface area (Å²) >= 11 is 0. The van der Waals surface area contributed by atoms with Crippen molar-refractivity contribution in [2.24, 2.45) is 5.92 Å². The molecule has 0 spiro atoms. The number of hydrogen-bond donors (Lipinski definition) is 1. The van der Waals surface area contributed by atoms with Crippen molar-refractivity contribution in [3.8, 4) is 0 Å². The first-order valence-corrected chi connectivity index (χ1v) is 4.86. The zero-order chi connectivity index (χ0) is 9.52. The number of hydrogen-bond acceptors (Lipinski definition) is 3. The van der Waals surface area contributed by atoms with E-state index in [9.17, 15) is 0 Å². The van der Waals surface area contributed by atoms with Gasteiger partial charge in [0.1, 0.15) is 12.7 Å². The minimum Gasteiger partial charge on any atom is -0.316 e. The Kier molecular flexibility index (Phi) is 4.46. The van der Waals surface area contributed by atoms with Crippen molar-refractivity contribution in [2.45, 2.75) is 26.8 Å². The lowest BCUT2D eigenvalue weighted by molar-refractivity contribution is 0.422. The van der Waals surface area contributed by atoms with Gasteiger partial charge in [-0.05, 0) is 25.4 Å². The van der Waals surface area contributed by atoms with Crippen LogP contribution in [0.2, 0.25) is 0 Å². The molecule has 1 rings (SSSR count). The summed E-state index contributed by atoms with van der Waals surface area (Å²) < 4.78 is 1.87. The molecule has 0 saturated heterocycles. The summed E-state index contributed by atoms with van der Waals surface area (Å²) in [6.07, 6.45) is 4.53. The SMILES string of the molecule is CCCNCC(C)Cn1cncn1. The van der Waals surface area contributed by atoms with E-state index in [2.05, 4.69) is 29.2 Å². The van der Waals surface area contributed by atoms with E-state index in [0.29, 0.717) is 5.92 Å². The Balaban J connectivity index is 2.14. The summed E-state index contributed by atoms with van der Waals surface area (Å²) in [5.41, 5.74) is 0. The van der Waals surface area contributed by atoms with E-state index < -0.39 is 0 Å². The van der Waals surface area contributed by atoms with Crippen molar-refractivity contribution >= 4 is 0 Å². The van der Waals surface area contributed by atoms with Gasteiger partial charge in [-0.1, -0.05) is 13.8 Å². The van der Waals surface area contributed by atoms with E-state index in [-0.39, 0.29) is 0 Å². The van der Waals surface area contributed by atoms with E-state index >= 15 is 0 Å². The summed E-state index contributed by atoms with van der Waals surface area (Å²) in [5.74, 6) is 0.605. The van der Waals surface area contributed by atoms with Crippen molar-refractivity contribution in [1.29, 1.82) is 0 Å². The molecule has 1 atom stereocenters. The van der Waals surface area contributed by atoms with Crippen molar-refractivity contribution in [1.82, 2.24) is 20.1 Å². The molecular formula is C9H18N4. The second-order valence-corrected chi connectivity index (χ2v) is 3.43. The predicted molar refractivity (Wildman–Crippen MR) is 52.3 cm³/mol. The van der Waals surface area contributed by atoms with Gasteiger partial charge in [0.2, 0.25) is 0 Å². The molecule has 0 aliphatic heterocycles. The third-order valence-corrected chi connectivity index (χ3v) is 1.88. The maximum atomic E-state index is 4.06. The molecule has 74 valence electrons. The quantitative estimate of drug-likeness (QED) is 0.665. The Morgan fingerprint density at radius 1 is 1.54 bits per heavy atom. The zero-order valence-corrected chi connectivity index (χ0v) is 8.40. The van der Waals surface area contributed by atoms with Gasteiger partial charge in [0, 0.05) is 6.54 Å². The average Bonchev–Trinajstić information content (AvgIpc) is 2.57. The highest BCUT2D eigenvalue weighted by atomic mass is 15.3. The van der Waals surface area contributed by atoms with Crippen LogP contribution in [-0.4, -0.2) is 27.9 Å². The first kappa shape index (κ1) is 10.2. The highest BCUT2D eigenvalue weighted by Crippen LogP contribution is 1.96. The van der Waals surface area contributed by atoms with Gasteiger partial charge in [0.15, 0.2) is 0 Å². The lowest BCUT2D eigenvalue weighted by Gasteiger charge is -2.11. The minimum atomic E-state index is 0.605. The predicted octanol–water partition coefficient (Wildman–Crippen LogP) is 0.914. The summed E-state index contributed by atoms with van der Waals surface area (Å²) in [6, 6.07) is 0. The Morgan fingerprint density at radius 2 is 2.38 bits per heavy atom. The summed E-state index contributed by atoms with van der Waals surface area (Å²) in [7, 11) is 0. The van der Waals surface area contributed by atoms with E-state index in [1.807, 2.05) is 4.68 Å². The zero-order valence-electron chi connectivity index (χ0n) is 8.40. The molecular weight excluding hydrogens is 164 g/mol. The van der Waals surface area contributed by atoms with Crippen LogP contribution in [0.5, 0.6) is 0 Å². The Morgan fingerprint density at radius 3 is 3.00 bits per heavy atom. The second kappa shape index (κ2) is 5.70.